The van der Waals surface area contributed by atoms with E-state index in [-0.39, 0.29) is 5.41 Å². The molecular weight excluding hydrogens is 655 g/mol. The number of fused-ring (bicyclic) bond motifs is 6. The fourth-order valence-electron chi connectivity index (χ4n) is 8.22. The van der Waals surface area contributed by atoms with Gasteiger partial charge in [0.15, 0.2) is 0 Å². The summed E-state index contributed by atoms with van der Waals surface area (Å²) >= 11 is 0. The molecule has 0 fully saturated rings. The van der Waals surface area contributed by atoms with Crippen LogP contribution in [0.15, 0.2) is 186 Å². The lowest BCUT2D eigenvalue weighted by Gasteiger charge is -2.32. The van der Waals surface area contributed by atoms with Gasteiger partial charge in [-0.3, -0.25) is 0 Å². The highest BCUT2D eigenvalue weighted by Gasteiger charge is 2.25. The highest BCUT2D eigenvalue weighted by Crippen LogP contribution is 2.49. The fourth-order valence-corrected chi connectivity index (χ4v) is 8.22. The van der Waals surface area contributed by atoms with E-state index in [0.717, 1.165) is 39.0 Å². The first-order chi connectivity index (χ1) is 26.4. The van der Waals surface area contributed by atoms with E-state index in [2.05, 4.69) is 208 Å². The van der Waals surface area contributed by atoms with Gasteiger partial charge in [0.1, 0.15) is 11.2 Å². The molecule has 1 aromatic heterocycles. The number of benzene rings is 9. The molecule has 2 nitrogen and oxygen atoms in total. The minimum atomic E-state index is -0.0271. The lowest BCUT2D eigenvalue weighted by Crippen LogP contribution is -2.15. The van der Waals surface area contributed by atoms with Gasteiger partial charge in [0.25, 0.3) is 0 Å². The van der Waals surface area contributed by atoms with Crippen molar-refractivity contribution in [3.63, 3.8) is 0 Å². The summed E-state index contributed by atoms with van der Waals surface area (Å²) in [6.07, 6.45) is 0. The van der Waals surface area contributed by atoms with Crippen LogP contribution in [-0.4, -0.2) is 0 Å². The Hall–Kier alpha value is -6.64. The molecule has 9 aromatic carbocycles. The Morgan fingerprint density at radius 2 is 1.04 bits per heavy atom. The predicted molar refractivity (Wildman–Crippen MR) is 230 cm³/mol. The van der Waals surface area contributed by atoms with Crippen molar-refractivity contribution < 1.29 is 4.42 Å². The van der Waals surface area contributed by atoms with Crippen molar-refractivity contribution in [2.24, 2.45) is 0 Å². The van der Waals surface area contributed by atoms with Crippen molar-refractivity contribution in [1.29, 1.82) is 0 Å². The molecule has 0 N–H and O–H groups in total. The van der Waals surface area contributed by atoms with Crippen LogP contribution in [0.25, 0.3) is 76.5 Å². The van der Waals surface area contributed by atoms with E-state index >= 15 is 0 Å². The van der Waals surface area contributed by atoms with Crippen molar-refractivity contribution in [2.45, 2.75) is 26.2 Å². The SMILES string of the molecule is CC(C)(C)c1ccc(N(c2ccc3c(c2)oc2cc4ccccc4cc23)c2ccc3ccccc3c2-c2cccc3ccccc23)c(-c2ccccc2)c1. The van der Waals surface area contributed by atoms with Crippen LogP contribution in [0.3, 0.4) is 0 Å². The first kappa shape index (κ1) is 32.0. The van der Waals surface area contributed by atoms with E-state index in [1.54, 1.807) is 0 Å². The molecule has 0 saturated carbocycles. The quantitative estimate of drug-likeness (QED) is 0.178. The zero-order valence-corrected chi connectivity index (χ0v) is 30.7. The summed E-state index contributed by atoms with van der Waals surface area (Å²) in [7, 11) is 0. The number of rotatable bonds is 5. The Morgan fingerprint density at radius 3 is 1.81 bits per heavy atom. The van der Waals surface area contributed by atoms with Gasteiger partial charge in [0.2, 0.25) is 0 Å². The van der Waals surface area contributed by atoms with Crippen LogP contribution >= 0.6 is 0 Å². The summed E-state index contributed by atoms with van der Waals surface area (Å²) in [6.45, 7) is 6.86. The number of hydrogen-bond acceptors (Lipinski definition) is 2. The Labute approximate surface area is 315 Å². The van der Waals surface area contributed by atoms with Crippen LogP contribution < -0.4 is 4.90 Å². The summed E-state index contributed by atoms with van der Waals surface area (Å²) in [5.41, 5.74) is 11.0. The maximum absolute atomic E-state index is 6.72. The van der Waals surface area contributed by atoms with Crippen molar-refractivity contribution >= 4 is 71.3 Å². The van der Waals surface area contributed by atoms with Crippen molar-refractivity contribution in [3.05, 3.63) is 188 Å². The van der Waals surface area contributed by atoms with E-state index in [1.807, 2.05) is 0 Å². The van der Waals surface area contributed by atoms with Crippen LogP contribution in [0.2, 0.25) is 0 Å². The second kappa shape index (κ2) is 12.5. The zero-order valence-electron chi connectivity index (χ0n) is 30.7. The Morgan fingerprint density at radius 1 is 0.407 bits per heavy atom. The van der Waals surface area contributed by atoms with Gasteiger partial charge in [0.05, 0.1) is 11.4 Å². The average Bonchev–Trinajstić information content (AvgIpc) is 3.56. The molecule has 0 unspecified atom stereocenters. The Balaban J connectivity index is 1.31. The van der Waals surface area contributed by atoms with E-state index in [9.17, 15) is 0 Å². The third kappa shape index (κ3) is 5.33. The van der Waals surface area contributed by atoms with Gasteiger partial charge in [-0.1, -0.05) is 154 Å². The third-order valence-electron chi connectivity index (χ3n) is 11.0. The monoisotopic (exact) mass is 693 g/mol. The molecule has 0 aliphatic carbocycles. The Bertz CT molecular complexity index is 3030. The zero-order chi connectivity index (χ0) is 36.4. The average molecular weight is 694 g/mol. The first-order valence-electron chi connectivity index (χ1n) is 18.8. The van der Waals surface area contributed by atoms with E-state index in [1.165, 1.54) is 60.1 Å². The van der Waals surface area contributed by atoms with Gasteiger partial charge in [-0.15, -0.1) is 0 Å². The normalized spacial score (nSPS) is 12.0. The molecule has 0 spiro atoms. The molecule has 1 heterocycles. The fraction of sp³-hybridized carbons (Fsp3) is 0.0769. The maximum Gasteiger partial charge on any atom is 0.137 e. The standard InChI is InChI=1S/C52H39NO/c1-52(2,3)39-25-29-47(45(32-39)35-14-5-4-6-15-35)53(40-26-27-43-46-30-37-18-7-8-19-38(37)31-49(46)54-50(43)33-40)48-28-24-36-17-10-12-22-42(36)51(48)44-23-13-20-34-16-9-11-21-41(34)44/h4-33H,1-3H3. The molecule has 0 atom stereocenters. The molecule has 10 aromatic rings. The molecule has 0 aliphatic rings. The first-order valence-corrected chi connectivity index (χ1v) is 18.8. The minimum Gasteiger partial charge on any atom is -0.456 e. The van der Waals surface area contributed by atoms with Gasteiger partial charge >= 0.3 is 0 Å². The van der Waals surface area contributed by atoms with Crippen molar-refractivity contribution in [2.75, 3.05) is 4.90 Å². The molecule has 54 heavy (non-hydrogen) atoms. The number of anilines is 3. The second-order valence-corrected chi connectivity index (χ2v) is 15.4. The van der Waals surface area contributed by atoms with Crippen LogP contribution in [0.4, 0.5) is 17.1 Å². The smallest absolute Gasteiger partial charge is 0.137 e. The van der Waals surface area contributed by atoms with Gasteiger partial charge in [0, 0.05) is 33.7 Å². The Kier molecular flexibility index (Phi) is 7.42. The van der Waals surface area contributed by atoms with Gasteiger partial charge in [-0.05, 0) is 96.9 Å². The number of furan rings is 1. The second-order valence-electron chi connectivity index (χ2n) is 15.4. The predicted octanol–water partition coefficient (Wildman–Crippen LogP) is 15.1. The maximum atomic E-state index is 6.72. The van der Waals surface area contributed by atoms with Gasteiger partial charge < -0.3 is 9.32 Å². The highest BCUT2D eigenvalue weighted by molar-refractivity contribution is 6.14. The summed E-state index contributed by atoms with van der Waals surface area (Å²) in [4.78, 5) is 2.46. The van der Waals surface area contributed by atoms with Crippen LogP contribution in [0.1, 0.15) is 26.3 Å². The summed E-state index contributed by atoms with van der Waals surface area (Å²) < 4.78 is 6.72. The molecule has 0 amide bonds. The van der Waals surface area contributed by atoms with Crippen LogP contribution in [0, 0.1) is 0 Å². The van der Waals surface area contributed by atoms with Gasteiger partial charge in [-0.2, -0.15) is 0 Å². The number of nitrogens with zero attached hydrogens (tertiary/aromatic N) is 1. The van der Waals surface area contributed by atoms with E-state index in [0.29, 0.717) is 0 Å². The molecule has 2 heteroatoms. The van der Waals surface area contributed by atoms with E-state index in [4.69, 9.17) is 4.42 Å². The number of hydrogen-bond donors (Lipinski definition) is 0. The van der Waals surface area contributed by atoms with Gasteiger partial charge in [-0.25, -0.2) is 0 Å². The molecule has 0 bridgehead atoms. The molecule has 258 valence electrons. The topological polar surface area (TPSA) is 16.4 Å². The summed E-state index contributed by atoms with van der Waals surface area (Å²) in [5, 5.41) is 9.48. The summed E-state index contributed by atoms with van der Waals surface area (Å²) in [6, 6.07) is 66.2. The van der Waals surface area contributed by atoms with E-state index < -0.39 is 0 Å². The molecular formula is C52H39NO. The lowest BCUT2D eigenvalue weighted by molar-refractivity contribution is 0.590. The molecule has 0 aliphatic heterocycles. The van der Waals surface area contributed by atoms with Crippen LogP contribution in [-0.2, 0) is 5.41 Å². The molecule has 0 saturated heterocycles. The van der Waals surface area contributed by atoms with Crippen molar-refractivity contribution in [1.82, 2.24) is 0 Å². The molecule has 0 radical (unpaired) electrons. The largest absolute Gasteiger partial charge is 0.456 e. The van der Waals surface area contributed by atoms with Crippen molar-refractivity contribution in [3.8, 4) is 22.3 Å². The van der Waals surface area contributed by atoms with Crippen LogP contribution in [0.5, 0.6) is 0 Å². The molecule has 10 rings (SSSR count). The highest BCUT2D eigenvalue weighted by atomic mass is 16.3. The minimum absolute atomic E-state index is 0.0271. The lowest BCUT2D eigenvalue weighted by atomic mass is 9.84. The third-order valence-corrected chi connectivity index (χ3v) is 11.0. The summed E-state index contributed by atoms with van der Waals surface area (Å²) in [5.74, 6) is 0.